The zero-order valence-corrected chi connectivity index (χ0v) is 15.2. The van der Waals surface area contributed by atoms with Crippen molar-refractivity contribution in [1.29, 1.82) is 0 Å². The molecule has 0 aliphatic heterocycles. The highest BCUT2D eigenvalue weighted by Crippen LogP contribution is 2.17. The number of aryl methyl sites for hydroxylation is 1. The van der Waals surface area contributed by atoms with E-state index in [0.717, 1.165) is 23.2 Å². The molecule has 2 heterocycles. The lowest BCUT2D eigenvalue weighted by atomic mass is 10.1. The maximum atomic E-state index is 11.8. The summed E-state index contributed by atoms with van der Waals surface area (Å²) in [5, 5.41) is 16.7. The second-order valence-electron chi connectivity index (χ2n) is 6.32. The Morgan fingerprint density at radius 1 is 1.18 bits per heavy atom. The number of nitrogen functional groups attached to an aromatic ring is 1. The van der Waals surface area contributed by atoms with Gasteiger partial charge in [0.1, 0.15) is 11.5 Å². The second kappa shape index (κ2) is 8.91. The first-order chi connectivity index (χ1) is 13.5. The lowest BCUT2D eigenvalue weighted by Crippen LogP contribution is -2.23. The number of hydrogen-bond donors (Lipinski definition) is 3. The molecule has 28 heavy (non-hydrogen) atoms. The fourth-order valence-corrected chi connectivity index (χ4v) is 2.70. The van der Waals surface area contributed by atoms with Crippen LogP contribution in [0, 0.1) is 0 Å². The van der Waals surface area contributed by atoms with E-state index in [0.29, 0.717) is 19.5 Å². The van der Waals surface area contributed by atoms with E-state index in [1.54, 1.807) is 22.4 Å². The van der Waals surface area contributed by atoms with E-state index in [2.05, 4.69) is 15.3 Å². The number of benzene rings is 1. The van der Waals surface area contributed by atoms with Crippen LogP contribution in [-0.2, 0) is 17.9 Å². The fraction of sp³-hybridized carbons (Fsp3) is 0.278. The molecule has 0 saturated carbocycles. The summed E-state index contributed by atoms with van der Waals surface area (Å²) in [7, 11) is 0. The standard InChI is InChI=1S/C18H21N7O3/c19-16-8-10-24(18(27)20-16)11-13-4-6-14(7-5-13)15-12-25(23-21-15)9-2-1-3-17(26)22-28/h4-8,10,12,28H,1-3,9,11H2,(H,22,26)(H2,19,20,27). The number of aromatic nitrogens is 5. The molecule has 2 aromatic heterocycles. The minimum atomic E-state index is -0.392. The minimum Gasteiger partial charge on any atom is -0.383 e. The number of anilines is 1. The second-order valence-corrected chi connectivity index (χ2v) is 6.32. The third-order valence-electron chi connectivity index (χ3n) is 4.20. The number of rotatable bonds is 8. The molecule has 0 aliphatic rings. The number of nitrogens with two attached hydrogens (primary N) is 1. The number of unbranched alkanes of at least 4 members (excludes halogenated alkanes) is 1. The average molecular weight is 383 g/mol. The molecule has 1 aromatic carbocycles. The Bertz CT molecular complexity index is 995. The highest BCUT2D eigenvalue weighted by Gasteiger charge is 2.06. The van der Waals surface area contributed by atoms with Gasteiger partial charge in [-0.1, -0.05) is 29.5 Å². The van der Waals surface area contributed by atoms with Crippen molar-refractivity contribution in [3.05, 3.63) is 58.8 Å². The number of carbonyl (C=O) groups excluding carboxylic acids is 1. The molecular weight excluding hydrogens is 362 g/mol. The predicted octanol–water partition coefficient (Wildman–Crippen LogP) is 0.808. The normalized spacial score (nSPS) is 10.8. The topological polar surface area (TPSA) is 141 Å². The largest absolute Gasteiger partial charge is 0.383 e. The van der Waals surface area contributed by atoms with Crippen LogP contribution in [0.15, 0.2) is 47.5 Å². The van der Waals surface area contributed by atoms with E-state index in [4.69, 9.17) is 10.9 Å². The number of hydroxylamine groups is 1. The van der Waals surface area contributed by atoms with E-state index in [-0.39, 0.29) is 17.9 Å². The Balaban J connectivity index is 1.58. The monoisotopic (exact) mass is 383 g/mol. The van der Waals surface area contributed by atoms with Gasteiger partial charge in [0, 0.05) is 24.7 Å². The van der Waals surface area contributed by atoms with Gasteiger partial charge in [0.15, 0.2) is 0 Å². The van der Waals surface area contributed by atoms with Gasteiger partial charge in [0.25, 0.3) is 0 Å². The molecule has 0 spiro atoms. The Morgan fingerprint density at radius 2 is 1.96 bits per heavy atom. The molecule has 4 N–H and O–H groups in total. The summed E-state index contributed by atoms with van der Waals surface area (Å²) in [5.74, 6) is -0.187. The molecule has 3 aromatic rings. The molecule has 0 radical (unpaired) electrons. The van der Waals surface area contributed by atoms with Crippen LogP contribution >= 0.6 is 0 Å². The molecule has 0 aliphatic carbocycles. The van der Waals surface area contributed by atoms with Crippen molar-refractivity contribution in [1.82, 2.24) is 30.0 Å². The molecule has 0 atom stereocenters. The van der Waals surface area contributed by atoms with E-state index < -0.39 is 5.91 Å². The van der Waals surface area contributed by atoms with E-state index in [9.17, 15) is 9.59 Å². The quantitative estimate of drug-likeness (QED) is 0.297. The van der Waals surface area contributed by atoms with Crippen molar-refractivity contribution in [2.24, 2.45) is 0 Å². The predicted molar refractivity (Wildman–Crippen MR) is 101 cm³/mol. The summed E-state index contributed by atoms with van der Waals surface area (Å²) in [5.41, 5.74) is 9.33. The molecule has 0 unspecified atom stereocenters. The summed E-state index contributed by atoms with van der Waals surface area (Å²) in [6, 6.07) is 9.27. The average Bonchev–Trinajstić information content (AvgIpc) is 3.16. The molecule has 0 bridgehead atoms. The van der Waals surface area contributed by atoms with Crippen molar-refractivity contribution in [2.45, 2.75) is 32.4 Å². The van der Waals surface area contributed by atoms with Crippen LogP contribution in [0.25, 0.3) is 11.3 Å². The first-order valence-electron chi connectivity index (χ1n) is 8.80. The van der Waals surface area contributed by atoms with E-state index in [1.165, 1.54) is 4.57 Å². The van der Waals surface area contributed by atoms with Gasteiger partial charge >= 0.3 is 5.69 Å². The maximum absolute atomic E-state index is 11.8. The van der Waals surface area contributed by atoms with Crippen molar-refractivity contribution < 1.29 is 10.0 Å². The summed E-state index contributed by atoms with van der Waals surface area (Å²) in [6.07, 6.45) is 5.13. The van der Waals surface area contributed by atoms with Gasteiger partial charge in [-0.05, 0) is 24.5 Å². The Hall–Kier alpha value is -3.53. The third kappa shape index (κ3) is 5.01. The van der Waals surface area contributed by atoms with Gasteiger partial charge < -0.3 is 5.73 Å². The first kappa shape index (κ1) is 19.2. The van der Waals surface area contributed by atoms with Gasteiger partial charge in [-0.15, -0.1) is 5.10 Å². The van der Waals surface area contributed by atoms with Crippen LogP contribution in [0.2, 0.25) is 0 Å². The zero-order chi connectivity index (χ0) is 19.9. The summed E-state index contributed by atoms with van der Waals surface area (Å²) in [6.45, 7) is 1.04. The van der Waals surface area contributed by atoms with Crippen LogP contribution in [0.5, 0.6) is 0 Å². The molecule has 10 heteroatoms. The Morgan fingerprint density at radius 3 is 2.68 bits per heavy atom. The van der Waals surface area contributed by atoms with Crippen molar-refractivity contribution in [3.63, 3.8) is 0 Å². The Labute approximate surface area is 160 Å². The molecule has 1 amide bonds. The van der Waals surface area contributed by atoms with Crippen LogP contribution in [0.3, 0.4) is 0 Å². The molecule has 0 saturated heterocycles. The number of nitrogens with zero attached hydrogens (tertiary/aromatic N) is 5. The molecule has 3 rings (SSSR count). The number of amides is 1. The third-order valence-corrected chi connectivity index (χ3v) is 4.20. The number of carbonyl (C=O) groups is 1. The fourth-order valence-electron chi connectivity index (χ4n) is 2.70. The number of nitrogens with one attached hydrogen (secondary N) is 1. The minimum absolute atomic E-state index is 0.205. The van der Waals surface area contributed by atoms with Gasteiger partial charge in [-0.3, -0.25) is 19.3 Å². The first-order valence-corrected chi connectivity index (χ1v) is 8.80. The summed E-state index contributed by atoms with van der Waals surface area (Å²) < 4.78 is 3.21. The molecular formula is C18H21N7O3. The molecule has 0 fully saturated rings. The Kier molecular flexibility index (Phi) is 6.12. The number of hydrogen-bond acceptors (Lipinski definition) is 7. The lowest BCUT2D eigenvalue weighted by Gasteiger charge is -2.06. The van der Waals surface area contributed by atoms with E-state index in [1.807, 2.05) is 30.5 Å². The SMILES string of the molecule is Nc1ccn(Cc2ccc(-c3cn(CCCCC(=O)NO)nn3)cc2)c(=O)n1. The van der Waals surface area contributed by atoms with Crippen molar-refractivity contribution in [3.8, 4) is 11.3 Å². The van der Waals surface area contributed by atoms with Crippen LogP contribution in [-0.4, -0.2) is 35.7 Å². The van der Waals surface area contributed by atoms with Crippen LogP contribution in [0.4, 0.5) is 5.82 Å². The van der Waals surface area contributed by atoms with Crippen molar-refractivity contribution >= 4 is 11.7 Å². The summed E-state index contributed by atoms with van der Waals surface area (Å²) in [4.78, 5) is 26.5. The molecule has 146 valence electrons. The van der Waals surface area contributed by atoms with Crippen molar-refractivity contribution in [2.75, 3.05) is 5.73 Å². The van der Waals surface area contributed by atoms with Crippen LogP contribution in [0.1, 0.15) is 24.8 Å². The highest BCUT2D eigenvalue weighted by molar-refractivity contribution is 5.74. The highest BCUT2D eigenvalue weighted by atomic mass is 16.5. The zero-order valence-electron chi connectivity index (χ0n) is 15.2. The van der Waals surface area contributed by atoms with Gasteiger partial charge in [0.2, 0.25) is 5.91 Å². The van der Waals surface area contributed by atoms with Gasteiger partial charge in [-0.2, -0.15) is 4.98 Å². The smallest absolute Gasteiger partial charge is 0.349 e. The summed E-state index contributed by atoms with van der Waals surface area (Å²) >= 11 is 0. The van der Waals surface area contributed by atoms with E-state index >= 15 is 0 Å². The van der Waals surface area contributed by atoms with Crippen LogP contribution < -0.4 is 16.9 Å². The van der Waals surface area contributed by atoms with Gasteiger partial charge in [0.05, 0.1) is 12.7 Å². The van der Waals surface area contributed by atoms with Gasteiger partial charge in [-0.25, -0.2) is 10.3 Å². The maximum Gasteiger partial charge on any atom is 0.349 e. The lowest BCUT2D eigenvalue weighted by molar-refractivity contribution is -0.129. The molecule has 10 nitrogen and oxygen atoms in total.